The third kappa shape index (κ3) is 5.08. The molecule has 0 bridgehead atoms. The molecule has 0 aliphatic rings. The molecule has 0 unspecified atom stereocenters. The van der Waals surface area contributed by atoms with Crippen LogP contribution in [0.1, 0.15) is 13.8 Å². The van der Waals surface area contributed by atoms with E-state index in [-0.39, 0.29) is 0 Å². The molecule has 1 heterocycles. The van der Waals surface area contributed by atoms with Gasteiger partial charge in [-0.25, -0.2) is 8.42 Å². The van der Waals surface area contributed by atoms with Gasteiger partial charge in [0.05, 0.1) is 18.6 Å². The van der Waals surface area contributed by atoms with E-state index in [9.17, 15) is 13.2 Å². The van der Waals surface area contributed by atoms with Gasteiger partial charge in [-0.05, 0) is 44.4 Å². The van der Waals surface area contributed by atoms with Crippen molar-refractivity contribution in [3.63, 3.8) is 0 Å². The fourth-order valence-corrected chi connectivity index (χ4v) is 4.57. The summed E-state index contributed by atoms with van der Waals surface area (Å²) in [4.78, 5) is 12.5. The number of carbonyl (C=O) groups is 1. The molecule has 0 aliphatic carbocycles. The van der Waals surface area contributed by atoms with Crippen LogP contribution in [0.3, 0.4) is 0 Å². The molecular formula is C15H20N4O4S3. The van der Waals surface area contributed by atoms with Gasteiger partial charge >= 0.3 is 0 Å². The Hall–Kier alpha value is -1.85. The summed E-state index contributed by atoms with van der Waals surface area (Å²) in [5.41, 5.74) is 0.376. The van der Waals surface area contributed by atoms with Crippen LogP contribution in [-0.2, 0) is 14.8 Å². The van der Waals surface area contributed by atoms with Gasteiger partial charge in [-0.15, -0.1) is 10.2 Å². The van der Waals surface area contributed by atoms with Crippen LogP contribution in [0.4, 0.5) is 10.8 Å². The third-order valence-corrected chi connectivity index (χ3v) is 6.36. The highest BCUT2D eigenvalue weighted by Gasteiger charge is 2.29. The SMILES string of the molecule is CCOc1ccc(N([C@H](C)C(=O)Nc2nnc(SC)s2)S(C)(=O)=O)cc1. The summed E-state index contributed by atoms with van der Waals surface area (Å²) in [6.07, 6.45) is 2.91. The van der Waals surface area contributed by atoms with E-state index in [2.05, 4.69) is 15.5 Å². The van der Waals surface area contributed by atoms with Crippen LogP contribution in [0, 0.1) is 0 Å². The van der Waals surface area contributed by atoms with Gasteiger partial charge in [-0.3, -0.25) is 14.4 Å². The number of carbonyl (C=O) groups excluding carboxylic acids is 1. The lowest BCUT2D eigenvalue weighted by molar-refractivity contribution is -0.116. The smallest absolute Gasteiger partial charge is 0.249 e. The van der Waals surface area contributed by atoms with Crippen LogP contribution in [-0.4, -0.2) is 49.7 Å². The Morgan fingerprint density at radius 1 is 1.35 bits per heavy atom. The number of hydrogen-bond acceptors (Lipinski definition) is 8. The van der Waals surface area contributed by atoms with Crippen LogP contribution >= 0.6 is 23.1 Å². The Morgan fingerprint density at radius 3 is 2.50 bits per heavy atom. The summed E-state index contributed by atoms with van der Waals surface area (Å²) < 4.78 is 31.7. The van der Waals surface area contributed by atoms with E-state index in [1.807, 2.05) is 13.2 Å². The van der Waals surface area contributed by atoms with Crippen molar-refractivity contribution in [3.8, 4) is 5.75 Å². The number of hydrogen-bond donors (Lipinski definition) is 1. The highest BCUT2D eigenvalue weighted by molar-refractivity contribution is 8.00. The van der Waals surface area contributed by atoms with Gasteiger partial charge < -0.3 is 4.74 Å². The van der Waals surface area contributed by atoms with E-state index in [1.165, 1.54) is 30.0 Å². The first-order valence-electron chi connectivity index (χ1n) is 7.67. The summed E-state index contributed by atoms with van der Waals surface area (Å²) in [5.74, 6) is 0.133. The number of benzene rings is 1. The Bertz CT molecular complexity index is 852. The molecule has 26 heavy (non-hydrogen) atoms. The maximum atomic E-state index is 12.5. The lowest BCUT2D eigenvalue weighted by Gasteiger charge is -2.28. The van der Waals surface area contributed by atoms with Gasteiger partial charge in [0.25, 0.3) is 0 Å². The summed E-state index contributed by atoms with van der Waals surface area (Å²) in [5, 5.41) is 10.7. The molecule has 142 valence electrons. The van der Waals surface area contributed by atoms with Gasteiger partial charge in [0.1, 0.15) is 11.8 Å². The zero-order chi connectivity index (χ0) is 19.3. The monoisotopic (exact) mass is 416 g/mol. The van der Waals surface area contributed by atoms with E-state index in [4.69, 9.17) is 4.74 Å². The first-order valence-corrected chi connectivity index (χ1v) is 11.6. The predicted molar refractivity (Wildman–Crippen MR) is 105 cm³/mol. The average molecular weight is 417 g/mol. The Morgan fingerprint density at radius 2 is 2.00 bits per heavy atom. The highest BCUT2D eigenvalue weighted by atomic mass is 32.2. The van der Waals surface area contributed by atoms with E-state index in [0.29, 0.717) is 27.5 Å². The molecule has 0 saturated carbocycles. The molecule has 1 aromatic carbocycles. The molecule has 2 aromatic rings. The van der Waals surface area contributed by atoms with Crippen LogP contribution in [0.15, 0.2) is 28.6 Å². The van der Waals surface area contributed by atoms with E-state index in [0.717, 1.165) is 10.6 Å². The number of ether oxygens (including phenoxy) is 1. The van der Waals surface area contributed by atoms with Crippen LogP contribution < -0.4 is 14.4 Å². The molecular weight excluding hydrogens is 396 g/mol. The molecule has 1 atom stereocenters. The van der Waals surface area contributed by atoms with Crippen molar-refractivity contribution in [3.05, 3.63) is 24.3 Å². The molecule has 0 aliphatic heterocycles. The summed E-state index contributed by atoms with van der Waals surface area (Å²) in [6, 6.07) is 5.57. The van der Waals surface area contributed by atoms with Crippen LogP contribution in [0.2, 0.25) is 0 Å². The topological polar surface area (TPSA) is 101 Å². The fraction of sp³-hybridized carbons (Fsp3) is 0.400. The number of thioether (sulfide) groups is 1. The quantitative estimate of drug-likeness (QED) is 0.521. The van der Waals surface area contributed by atoms with Crippen molar-refractivity contribution in [2.75, 3.05) is 28.7 Å². The van der Waals surface area contributed by atoms with Crippen molar-refractivity contribution in [2.24, 2.45) is 0 Å². The van der Waals surface area contributed by atoms with Gasteiger partial charge in [0.2, 0.25) is 21.1 Å². The average Bonchev–Trinajstić information content (AvgIpc) is 3.03. The first-order chi connectivity index (χ1) is 12.3. The molecule has 1 amide bonds. The predicted octanol–water partition coefficient (Wildman–Crippen LogP) is 2.45. The van der Waals surface area contributed by atoms with E-state index >= 15 is 0 Å². The van der Waals surface area contributed by atoms with Gasteiger partial charge in [0.15, 0.2) is 4.34 Å². The number of sulfonamides is 1. The molecule has 8 nitrogen and oxygen atoms in total. The molecule has 0 radical (unpaired) electrons. The molecule has 0 spiro atoms. The van der Waals surface area contributed by atoms with Crippen molar-refractivity contribution in [2.45, 2.75) is 24.2 Å². The van der Waals surface area contributed by atoms with Gasteiger partial charge in [-0.2, -0.15) is 0 Å². The zero-order valence-electron chi connectivity index (χ0n) is 14.8. The minimum absolute atomic E-state index is 0.325. The van der Waals surface area contributed by atoms with Gasteiger partial charge in [0, 0.05) is 0 Å². The zero-order valence-corrected chi connectivity index (χ0v) is 17.2. The Balaban J connectivity index is 2.23. The lowest BCUT2D eigenvalue weighted by Crippen LogP contribution is -2.45. The Labute approximate surface area is 161 Å². The first kappa shape index (κ1) is 20.5. The standard InChI is InChI=1S/C15H20N4O4S3/c1-5-23-12-8-6-11(7-9-12)19(26(4,21)22)10(2)13(20)16-14-17-18-15(24-3)25-14/h6-10H,5H2,1-4H3,(H,16,17,20)/t10-/m1/s1. The highest BCUT2D eigenvalue weighted by Crippen LogP contribution is 2.26. The molecule has 0 fully saturated rings. The minimum Gasteiger partial charge on any atom is -0.494 e. The maximum Gasteiger partial charge on any atom is 0.249 e. The number of anilines is 2. The molecule has 1 N–H and O–H groups in total. The normalized spacial score (nSPS) is 12.5. The summed E-state index contributed by atoms with van der Waals surface area (Å²) in [7, 11) is -3.68. The number of amides is 1. The molecule has 2 rings (SSSR count). The third-order valence-electron chi connectivity index (χ3n) is 3.30. The molecule has 1 aromatic heterocycles. The number of nitrogens with zero attached hydrogens (tertiary/aromatic N) is 3. The van der Waals surface area contributed by atoms with Gasteiger partial charge in [-0.1, -0.05) is 23.1 Å². The van der Waals surface area contributed by atoms with Crippen molar-refractivity contribution in [1.82, 2.24) is 10.2 Å². The van der Waals surface area contributed by atoms with Crippen LogP contribution in [0.25, 0.3) is 0 Å². The Kier molecular flexibility index (Phi) is 6.84. The second-order valence-electron chi connectivity index (χ2n) is 5.23. The lowest BCUT2D eigenvalue weighted by atomic mass is 10.2. The number of aromatic nitrogens is 2. The number of rotatable bonds is 8. The second-order valence-corrected chi connectivity index (χ2v) is 9.12. The van der Waals surface area contributed by atoms with Crippen molar-refractivity contribution >= 4 is 49.8 Å². The van der Waals surface area contributed by atoms with Crippen molar-refractivity contribution in [1.29, 1.82) is 0 Å². The largest absolute Gasteiger partial charge is 0.494 e. The van der Waals surface area contributed by atoms with Crippen LogP contribution in [0.5, 0.6) is 5.75 Å². The number of nitrogens with one attached hydrogen (secondary N) is 1. The summed E-state index contributed by atoms with van der Waals surface area (Å²) in [6.45, 7) is 3.89. The van der Waals surface area contributed by atoms with E-state index < -0.39 is 22.0 Å². The fourth-order valence-electron chi connectivity index (χ4n) is 2.22. The molecule has 0 saturated heterocycles. The summed E-state index contributed by atoms with van der Waals surface area (Å²) >= 11 is 2.64. The molecule has 11 heteroatoms. The second kappa shape index (κ2) is 8.69. The minimum atomic E-state index is -3.68. The maximum absolute atomic E-state index is 12.5. The van der Waals surface area contributed by atoms with E-state index in [1.54, 1.807) is 24.3 Å². The van der Waals surface area contributed by atoms with Crippen molar-refractivity contribution < 1.29 is 17.9 Å².